The van der Waals surface area contributed by atoms with Gasteiger partial charge in [0.1, 0.15) is 18.1 Å². The smallest absolute Gasteiger partial charge is 0.320 e. The standard InChI is InChI=1S/C20H37N5O5.2BrH/c1-13(2)12-23-18(27)16-7-5-11-25(16)19(28)15(6-3-4-10-21)24-17(26)9-8-14(22)20(29)30;;/h13-16H,3-12,21-22H2,1-2H3,(H,23,27)(H,24,26)(H,29,30);2*1H/t14-,15-,16-;;/m0../s1. The van der Waals surface area contributed by atoms with Crippen LogP contribution in [0.2, 0.25) is 0 Å². The zero-order chi connectivity index (χ0) is 22.7. The van der Waals surface area contributed by atoms with Gasteiger partial charge in [0.25, 0.3) is 0 Å². The van der Waals surface area contributed by atoms with E-state index < -0.39 is 30.0 Å². The van der Waals surface area contributed by atoms with Gasteiger partial charge in [-0.2, -0.15) is 0 Å². The number of hydrogen-bond acceptors (Lipinski definition) is 6. The van der Waals surface area contributed by atoms with E-state index in [9.17, 15) is 19.2 Å². The van der Waals surface area contributed by atoms with E-state index in [2.05, 4.69) is 10.6 Å². The number of carbonyl (C=O) groups is 4. The highest BCUT2D eigenvalue weighted by Crippen LogP contribution is 2.20. The molecule has 1 heterocycles. The lowest BCUT2D eigenvalue weighted by molar-refractivity contribution is -0.141. The van der Waals surface area contributed by atoms with Gasteiger partial charge in [0, 0.05) is 19.5 Å². The highest BCUT2D eigenvalue weighted by atomic mass is 79.9. The number of nitrogens with two attached hydrogens (primary N) is 2. The Labute approximate surface area is 211 Å². The molecule has 0 bridgehead atoms. The lowest BCUT2D eigenvalue weighted by Gasteiger charge is -2.29. The molecule has 0 radical (unpaired) electrons. The highest BCUT2D eigenvalue weighted by Gasteiger charge is 2.37. The molecule has 0 aromatic rings. The first-order valence-electron chi connectivity index (χ1n) is 10.7. The summed E-state index contributed by atoms with van der Waals surface area (Å²) < 4.78 is 0. The lowest BCUT2D eigenvalue weighted by atomic mass is 10.1. The summed E-state index contributed by atoms with van der Waals surface area (Å²) in [6.45, 7) is 5.48. The van der Waals surface area contributed by atoms with Crippen LogP contribution in [0.5, 0.6) is 0 Å². The van der Waals surface area contributed by atoms with Gasteiger partial charge in [0.15, 0.2) is 0 Å². The summed E-state index contributed by atoms with van der Waals surface area (Å²) in [4.78, 5) is 50.3. The number of unbranched alkanes of at least 4 members (excludes halogenated alkanes) is 1. The Morgan fingerprint density at radius 2 is 1.78 bits per heavy atom. The van der Waals surface area contributed by atoms with Crippen LogP contribution in [0.15, 0.2) is 0 Å². The number of likely N-dealkylation sites (tertiary alicyclic amines) is 1. The Balaban J connectivity index is 0. The van der Waals surface area contributed by atoms with Crippen LogP contribution in [0.4, 0.5) is 0 Å². The number of carboxylic acid groups (broad SMARTS) is 1. The van der Waals surface area contributed by atoms with E-state index in [0.717, 1.165) is 6.42 Å². The average molecular weight is 589 g/mol. The molecule has 1 aliphatic heterocycles. The molecule has 1 aliphatic rings. The Morgan fingerprint density at radius 3 is 2.34 bits per heavy atom. The fourth-order valence-corrected chi connectivity index (χ4v) is 3.35. The summed E-state index contributed by atoms with van der Waals surface area (Å²) in [6, 6.07) is -2.44. The Kier molecular flexibility index (Phi) is 17.8. The monoisotopic (exact) mass is 587 g/mol. The fourth-order valence-electron chi connectivity index (χ4n) is 3.35. The molecule has 188 valence electrons. The summed E-state index contributed by atoms with van der Waals surface area (Å²) in [5.41, 5.74) is 11.0. The molecule has 3 atom stereocenters. The van der Waals surface area contributed by atoms with Gasteiger partial charge in [-0.25, -0.2) is 0 Å². The third kappa shape index (κ3) is 11.6. The topological polar surface area (TPSA) is 168 Å². The normalized spacial score (nSPS) is 17.0. The fraction of sp³-hybridized carbons (Fsp3) is 0.800. The molecule has 0 aromatic heterocycles. The quantitative estimate of drug-likeness (QED) is 0.197. The van der Waals surface area contributed by atoms with Crippen molar-refractivity contribution in [2.45, 2.75) is 76.9 Å². The van der Waals surface area contributed by atoms with Gasteiger partial charge >= 0.3 is 5.97 Å². The largest absolute Gasteiger partial charge is 0.480 e. The van der Waals surface area contributed by atoms with E-state index in [0.29, 0.717) is 51.2 Å². The van der Waals surface area contributed by atoms with Gasteiger partial charge in [-0.1, -0.05) is 13.8 Å². The maximum Gasteiger partial charge on any atom is 0.320 e. The average Bonchev–Trinajstić information content (AvgIpc) is 3.18. The summed E-state index contributed by atoms with van der Waals surface area (Å²) in [6.07, 6.45) is 2.97. The zero-order valence-corrected chi connectivity index (χ0v) is 22.3. The van der Waals surface area contributed by atoms with Crippen LogP contribution < -0.4 is 22.1 Å². The second kappa shape index (κ2) is 17.3. The first kappa shape index (κ1) is 32.9. The van der Waals surface area contributed by atoms with Crippen molar-refractivity contribution in [2.75, 3.05) is 19.6 Å². The molecule has 1 fully saturated rings. The third-order valence-electron chi connectivity index (χ3n) is 5.10. The van der Waals surface area contributed by atoms with Gasteiger partial charge in [-0.15, -0.1) is 34.0 Å². The molecule has 0 spiro atoms. The van der Waals surface area contributed by atoms with Gasteiger partial charge in [0.2, 0.25) is 17.7 Å². The van der Waals surface area contributed by atoms with E-state index >= 15 is 0 Å². The Bertz CT molecular complexity index is 609. The number of carbonyl (C=O) groups excluding carboxylic acids is 3. The summed E-state index contributed by atoms with van der Waals surface area (Å²) in [5.74, 6) is -1.76. The minimum atomic E-state index is -1.18. The van der Waals surface area contributed by atoms with Crippen molar-refractivity contribution in [1.82, 2.24) is 15.5 Å². The minimum absolute atomic E-state index is 0. The maximum absolute atomic E-state index is 13.2. The first-order valence-corrected chi connectivity index (χ1v) is 10.7. The molecule has 32 heavy (non-hydrogen) atoms. The zero-order valence-electron chi connectivity index (χ0n) is 18.9. The van der Waals surface area contributed by atoms with Crippen molar-refractivity contribution in [2.24, 2.45) is 17.4 Å². The second-order valence-corrected chi connectivity index (χ2v) is 8.22. The molecule has 12 heteroatoms. The molecule has 0 aliphatic carbocycles. The molecule has 10 nitrogen and oxygen atoms in total. The van der Waals surface area contributed by atoms with Gasteiger partial charge in [-0.05, 0) is 51.0 Å². The van der Waals surface area contributed by atoms with Crippen LogP contribution in [0.3, 0.4) is 0 Å². The van der Waals surface area contributed by atoms with Gasteiger partial charge in [-0.3, -0.25) is 19.2 Å². The Hall–Kier alpha value is -1.24. The second-order valence-electron chi connectivity index (χ2n) is 8.22. The van der Waals surface area contributed by atoms with Gasteiger partial charge < -0.3 is 32.1 Å². The van der Waals surface area contributed by atoms with Crippen LogP contribution in [-0.2, 0) is 19.2 Å². The van der Waals surface area contributed by atoms with Crippen molar-refractivity contribution >= 4 is 57.7 Å². The predicted molar refractivity (Wildman–Crippen MR) is 133 cm³/mol. The van der Waals surface area contributed by atoms with Crippen molar-refractivity contribution in [3.05, 3.63) is 0 Å². The van der Waals surface area contributed by atoms with Crippen molar-refractivity contribution in [1.29, 1.82) is 0 Å². The molecule has 0 aromatic carbocycles. The number of nitrogens with zero attached hydrogens (tertiary/aromatic N) is 1. The first-order chi connectivity index (χ1) is 14.2. The summed E-state index contributed by atoms with van der Waals surface area (Å²) >= 11 is 0. The number of hydrogen-bond donors (Lipinski definition) is 5. The van der Waals surface area contributed by atoms with E-state index in [4.69, 9.17) is 16.6 Å². The number of aliphatic carboxylic acids is 1. The van der Waals surface area contributed by atoms with Crippen LogP contribution in [0, 0.1) is 5.92 Å². The van der Waals surface area contributed by atoms with Gasteiger partial charge in [0.05, 0.1) is 0 Å². The lowest BCUT2D eigenvalue weighted by Crippen LogP contribution is -2.53. The molecular weight excluding hydrogens is 550 g/mol. The number of amides is 3. The predicted octanol–water partition coefficient (Wildman–Crippen LogP) is 0.711. The highest BCUT2D eigenvalue weighted by molar-refractivity contribution is 8.93. The van der Waals surface area contributed by atoms with Crippen molar-refractivity contribution in [3.8, 4) is 0 Å². The van der Waals surface area contributed by atoms with Crippen LogP contribution in [0.1, 0.15) is 58.8 Å². The van der Waals surface area contributed by atoms with Crippen LogP contribution in [-0.4, -0.2) is 71.5 Å². The van der Waals surface area contributed by atoms with Crippen LogP contribution in [0.25, 0.3) is 0 Å². The molecule has 0 saturated carbocycles. The number of carboxylic acids is 1. The molecule has 0 unspecified atom stereocenters. The third-order valence-corrected chi connectivity index (χ3v) is 5.10. The SMILES string of the molecule is Br.Br.CC(C)CNC(=O)[C@@H]1CCCN1C(=O)[C@H](CCCCN)NC(=O)CC[C@H](N)C(=O)O. The molecule has 1 saturated heterocycles. The van der Waals surface area contributed by atoms with E-state index in [-0.39, 0.29) is 58.6 Å². The van der Waals surface area contributed by atoms with E-state index in [1.54, 1.807) is 4.90 Å². The Morgan fingerprint density at radius 1 is 1.12 bits per heavy atom. The minimum Gasteiger partial charge on any atom is -0.480 e. The number of nitrogens with one attached hydrogen (secondary N) is 2. The van der Waals surface area contributed by atoms with Crippen molar-refractivity contribution < 1.29 is 24.3 Å². The molecular formula is C20H39Br2N5O5. The number of halogens is 2. The van der Waals surface area contributed by atoms with E-state index in [1.165, 1.54) is 0 Å². The molecule has 1 rings (SSSR count). The summed E-state index contributed by atoms with van der Waals surface area (Å²) in [5, 5.41) is 14.4. The maximum atomic E-state index is 13.2. The molecule has 3 amide bonds. The number of rotatable bonds is 13. The molecule has 7 N–H and O–H groups in total. The summed E-state index contributed by atoms with van der Waals surface area (Å²) in [7, 11) is 0. The van der Waals surface area contributed by atoms with Crippen molar-refractivity contribution in [3.63, 3.8) is 0 Å². The van der Waals surface area contributed by atoms with E-state index in [1.807, 2.05) is 13.8 Å². The van der Waals surface area contributed by atoms with Crippen LogP contribution >= 0.6 is 34.0 Å².